The van der Waals surface area contributed by atoms with Crippen molar-refractivity contribution in [1.29, 1.82) is 0 Å². The van der Waals surface area contributed by atoms with Crippen LogP contribution in [0.25, 0.3) is 0 Å². The highest BCUT2D eigenvalue weighted by Crippen LogP contribution is 2.25. The van der Waals surface area contributed by atoms with Crippen LogP contribution in [0.5, 0.6) is 5.75 Å². The van der Waals surface area contributed by atoms with Crippen molar-refractivity contribution in [2.45, 2.75) is 31.4 Å². The van der Waals surface area contributed by atoms with Crippen LogP contribution in [0.1, 0.15) is 22.3 Å². The van der Waals surface area contributed by atoms with Crippen molar-refractivity contribution in [1.82, 2.24) is 0 Å². The van der Waals surface area contributed by atoms with Crippen LogP contribution in [0.15, 0.2) is 41.3 Å². The van der Waals surface area contributed by atoms with Gasteiger partial charge in [-0.15, -0.1) is 0 Å². The fourth-order valence-corrected chi connectivity index (χ4v) is 3.77. The zero-order valence-corrected chi connectivity index (χ0v) is 12.7. The molecule has 2 aromatic rings. The van der Waals surface area contributed by atoms with Gasteiger partial charge in [0.25, 0.3) is 0 Å². The topological polar surface area (TPSA) is 54.4 Å². The molecule has 0 heterocycles. The largest absolute Gasteiger partial charge is 0.508 e. The number of phenols is 1. The Morgan fingerprint density at radius 1 is 0.950 bits per heavy atom. The summed E-state index contributed by atoms with van der Waals surface area (Å²) in [6, 6.07) is 10.0. The van der Waals surface area contributed by atoms with Crippen LogP contribution in [-0.2, 0) is 15.6 Å². The quantitative estimate of drug-likeness (QED) is 0.943. The van der Waals surface area contributed by atoms with E-state index in [0.29, 0.717) is 4.90 Å². The second-order valence-corrected chi connectivity index (χ2v) is 7.12. The molecule has 0 aliphatic carbocycles. The zero-order valence-electron chi connectivity index (χ0n) is 11.8. The van der Waals surface area contributed by atoms with Gasteiger partial charge in [0.1, 0.15) is 5.75 Å². The third-order valence-corrected chi connectivity index (χ3v) is 5.05. The van der Waals surface area contributed by atoms with E-state index in [4.69, 9.17) is 0 Å². The molecule has 106 valence electrons. The van der Waals surface area contributed by atoms with E-state index < -0.39 is 9.84 Å². The molecule has 2 rings (SSSR count). The smallest absolute Gasteiger partial charge is 0.182 e. The number of benzene rings is 2. The second-order valence-electron chi connectivity index (χ2n) is 5.13. The van der Waals surface area contributed by atoms with Gasteiger partial charge in [0.15, 0.2) is 9.84 Å². The minimum Gasteiger partial charge on any atom is -0.508 e. The summed E-state index contributed by atoms with van der Waals surface area (Å²) in [5.74, 6) is 0.116. The fourth-order valence-electron chi connectivity index (χ4n) is 2.22. The van der Waals surface area contributed by atoms with E-state index >= 15 is 0 Å². The predicted molar refractivity (Wildman–Crippen MR) is 79.6 cm³/mol. The van der Waals surface area contributed by atoms with Crippen molar-refractivity contribution < 1.29 is 13.5 Å². The predicted octanol–water partition coefficient (Wildman–Crippen LogP) is 3.29. The molecule has 0 saturated heterocycles. The van der Waals surface area contributed by atoms with Gasteiger partial charge in [-0.1, -0.05) is 17.7 Å². The number of hydrogen-bond acceptors (Lipinski definition) is 3. The third kappa shape index (κ3) is 3.02. The van der Waals surface area contributed by atoms with Gasteiger partial charge in [-0.25, -0.2) is 8.42 Å². The first-order valence-corrected chi connectivity index (χ1v) is 8.03. The summed E-state index contributed by atoms with van der Waals surface area (Å²) in [6.45, 7) is 5.55. The molecule has 0 saturated carbocycles. The van der Waals surface area contributed by atoms with E-state index in [1.807, 2.05) is 20.8 Å². The number of rotatable bonds is 3. The monoisotopic (exact) mass is 290 g/mol. The summed E-state index contributed by atoms with van der Waals surface area (Å²) >= 11 is 0. The molecule has 0 radical (unpaired) electrons. The lowest BCUT2D eigenvalue weighted by atomic mass is 10.0. The summed E-state index contributed by atoms with van der Waals surface area (Å²) in [5, 5.41) is 9.51. The van der Waals surface area contributed by atoms with E-state index in [0.717, 1.165) is 22.3 Å². The first kappa shape index (κ1) is 14.6. The Balaban J connectivity index is 2.41. The minimum atomic E-state index is -3.37. The highest BCUT2D eigenvalue weighted by atomic mass is 32.2. The molecule has 1 N–H and O–H groups in total. The SMILES string of the molecule is Cc1ccc(S(=O)(=O)Cc2c(C)cc(O)cc2C)cc1. The lowest BCUT2D eigenvalue weighted by molar-refractivity contribution is 0.474. The van der Waals surface area contributed by atoms with Crippen LogP contribution < -0.4 is 0 Å². The average Bonchev–Trinajstić information content (AvgIpc) is 2.34. The highest BCUT2D eigenvalue weighted by molar-refractivity contribution is 7.90. The Morgan fingerprint density at radius 3 is 1.95 bits per heavy atom. The first-order valence-electron chi connectivity index (χ1n) is 6.38. The lowest BCUT2D eigenvalue weighted by Gasteiger charge is -2.11. The van der Waals surface area contributed by atoms with Gasteiger partial charge in [0.2, 0.25) is 0 Å². The molecule has 3 nitrogen and oxygen atoms in total. The van der Waals surface area contributed by atoms with Crippen molar-refractivity contribution in [3.8, 4) is 5.75 Å². The van der Waals surface area contributed by atoms with E-state index in [1.165, 1.54) is 0 Å². The van der Waals surface area contributed by atoms with Crippen molar-refractivity contribution in [2.24, 2.45) is 0 Å². The number of aryl methyl sites for hydroxylation is 3. The molecule has 0 unspecified atom stereocenters. The van der Waals surface area contributed by atoms with Crippen LogP contribution in [0.3, 0.4) is 0 Å². The summed E-state index contributed by atoms with van der Waals surface area (Å²) in [5.41, 5.74) is 3.36. The molecule has 0 aromatic heterocycles. The molecular weight excluding hydrogens is 272 g/mol. The number of sulfone groups is 1. The molecule has 0 fully saturated rings. The van der Waals surface area contributed by atoms with Gasteiger partial charge in [-0.2, -0.15) is 0 Å². The maximum Gasteiger partial charge on any atom is 0.182 e. The normalized spacial score (nSPS) is 11.6. The van der Waals surface area contributed by atoms with E-state index in [-0.39, 0.29) is 11.5 Å². The average molecular weight is 290 g/mol. The maximum atomic E-state index is 12.4. The van der Waals surface area contributed by atoms with Crippen LogP contribution in [-0.4, -0.2) is 13.5 Å². The van der Waals surface area contributed by atoms with Gasteiger partial charge < -0.3 is 5.11 Å². The second kappa shape index (κ2) is 5.29. The summed E-state index contributed by atoms with van der Waals surface area (Å²) in [7, 11) is -3.37. The number of hydrogen-bond donors (Lipinski definition) is 1. The maximum absolute atomic E-state index is 12.4. The van der Waals surface area contributed by atoms with Gasteiger partial charge in [0.05, 0.1) is 10.6 Å². The Morgan fingerprint density at radius 2 is 1.45 bits per heavy atom. The minimum absolute atomic E-state index is 0.0476. The number of phenolic OH excluding ortho intramolecular Hbond substituents is 1. The van der Waals surface area contributed by atoms with Gasteiger partial charge in [-0.05, 0) is 61.7 Å². The summed E-state index contributed by atoms with van der Waals surface area (Å²) < 4.78 is 24.9. The fraction of sp³-hybridized carbons (Fsp3) is 0.250. The van der Waals surface area contributed by atoms with Crippen molar-refractivity contribution in [3.63, 3.8) is 0 Å². The number of aromatic hydroxyl groups is 1. The van der Waals surface area contributed by atoms with E-state index in [2.05, 4.69) is 0 Å². The van der Waals surface area contributed by atoms with E-state index in [9.17, 15) is 13.5 Å². The van der Waals surface area contributed by atoms with Crippen LogP contribution in [0.4, 0.5) is 0 Å². The van der Waals surface area contributed by atoms with Crippen molar-refractivity contribution >= 4 is 9.84 Å². The molecule has 0 aliphatic rings. The summed E-state index contributed by atoms with van der Waals surface area (Å²) in [6.07, 6.45) is 0. The summed E-state index contributed by atoms with van der Waals surface area (Å²) in [4.78, 5) is 0.329. The highest BCUT2D eigenvalue weighted by Gasteiger charge is 2.18. The van der Waals surface area contributed by atoms with Gasteiger partial charge in [-0.3, -0.25) is 0 Å². The van der Waals surface area contributed by atoms with Crippen LogP contribution in [0, 0.1) is 20.8 Å². The Kier molecular flexibility index (Phi) is 3.86. The molecule has 4 heteroatoms. The van der Waals surface area contributed by atoms with Crippen LogP contribution in [0.2, 0.25) is 0 Å². The molecule has 0 atom stereocenters. The third-order valence-electron chi connectivity index (χ3n) is 3.40. The van der Waals surface area contributed by atoms with Crippen LogP contribution >= 0.6 is 0 Å². The lowest BCUT2D eigenvalue weighted by Crippen LogP contribution is -2.07. The Hall–Kier alpha value is -1.81. The molecule has 2 aromatic carbocycles. The Labute approximate surface area is 119 Å². The van der Waals surface area contributed by atoms with Crippen molar-refractivity contribution in [2.75, 3.05) is 0 Å². The van der Waals surface area contributed by atoms with Crippen molar-refractivity contribution in [3.05, 3.63) is 58.7 Å². The molecule has 0 spiro atoms. The zero-order chi connectivity index (χ0) is 14.9. The molecule has 0 amide bonds. The van der Waals surface area contributed by atoms with E-state index in [1.54, 1.807) is 36.4 Å². The Bertz CT molecular complexity index is 706. The van der Waals surface area contributed by atoms with Gasteiger partial charge in [0, 0.05) is 0 Å². The molecule has 20 heavy (non-hydrogen) atoms. The molecule has 0 bridgehead atoms. The van der Waals surface area contributed by atoms with Gasteiger partial charge >= 0.3 is 0 Å². The molecular formula is C16H18O3S. The first-order chi connectivity index (χ1) is 9.29. The standard InChI is InChI=1S/C16H18O3S/c1-11-4-6-15(7-5-11)20(18,19)10-16-12(2)8-14(17)9-13(16)3/h4-9,17H,10H2,1-3H3. The molecule has 0 aliphatic heterocycles.